The minimum Gasteiger partial charge on any atom is -0.340 e. The highest BCUT2D eigenvalue weighted by Crippen LogP contribution is 2.30. The van der Waals surface area contributed by atoms with Crippen LogP contribution in [0, 0.1) is 6.92 Å². The molecule has 0 atom stereocenters. The number of nitrogens with zero attached hydrogens (tertiary/aromatic N) is 5. The van der Waals surface area contributed by atoms with Crippen molar-refractivity contribution in [3.8, 4) is 22.8 Å². The SMILES string of the molecule is C=C/C=C(/c1ccccn1)c1nc(-c2n[nH]c3ccc(-c4cncc(CNCc5ccccc5)c4)nc23)[nH]c1C.CC. The van der Waals surface area contributed by atoms with Crippen LogP contribution in [0.2, 0.25) is 0 Å². The van der Waals surface area contributed by atoms with Gasteiger partial charge < -0.3 is 10.3 Å². The minimum absolute atomic E-state index is 0.631. The first-order valence-electron chi connectivity index (χ1n) is 14.0. The number of hydrogen-bond donors (Lipinski definition) is 3. The van der Waals surface area contributed by atoms with Gasteiger partial charge in [0.1, 0.15) is 5.52 Å². The topological polar surface area (TPSA) is 108 Å². The number of H-pyrrole nitrogens is 2. The molecule has 0 saturated heterocycles. The average Bonchev–Trinajstić information content (AvgIpc) is 3.64. The fourth-order valence-corrected chi connectivity index (χ4v) is 4.66. The Morgan fingerprint density at radius 1 is 0.929 bits per heavy atom. The standard InChI is InChI=1S/C32H28N8.C2H6/c1-3-9-25(27-12-7-8-15-35-27)29-21(2)36-32(38-29)31-30-28(39-40-31)14-13-26(37-30)24-16-23(19-34-20-24)18-33-17-22-10-5-4-6-11-22;1-2/h3-16,19-20,33H,1,17-18H2,2H3,(H,36,38)(H,39,40);1-2H3/b25-9-;. The molecule has 0 fully saturated rings. The lowest BCUT2D eigenvalue weighted by molar-refractivity contribution is 0.691. The molecule has 210 valence electrons. The molecule has 5 heterocycles. The fourth-order valence-electron chi connectivity index (χ4n) is 4.66. The van der Waals surface area contributed by atoms with Crippen molar-refractivity contribution in [1.29, 1.82) is 0 Å². The molecule has 0 aliphatic rings. The highest BCUT2D eigenvalue weighted by atomic mass is 15.2. The molecule has 0 unspecified atom stereocenters. The number of benzene rings is 1. The molecule has 8 heteroatoms. The van der Waals surface area contributed by atoms with E-state index in [4.69, 9.17) is 9.97 Å². The van der Waals surface area contributed by atoms with Gasteiger partial charge in [0.05, 0.1) is 22.6 Å². The fraction of sp³-hybridized carbons (Fsp3) is 0.147. The molecule has 0 radical (unpaired) electrons. The highest BCUT2D eigenvalue weighted by molar-refractivity contribution is 5.90. The van der Waals surface area contributed by atoms with Crippen LogP contribution >= 0.6 is 0 Å². The van der Waals surface area contributed by atoms with E-state index in [1.165, 1.54) is 5.56 Å². The number of nitrogens with one attached hydrogen (secondary N) is 3. The Kier molecular flexibility index (Phi) is 9.06. The van der Waals surface area contributed by atoms with Crippen LogP contribution in [0.5, 0.6) is 0 Å². The van der Waals surface area contributed by atoms with Crippen molar-refractivity contribution >= 4 is 16.6 Å². The van der Waals surface area contributed by atoms with E-state index >= 15 is 0 Å². The highest BCUT2D eigenvalue weighted by Gasteiger charge is 2.19. The van der Waals surface area contributed by atoms with Crippen molar-refractivity contribution in [2.75, 3.05) is 0 Å². The Labute approximate surface area is 245 Å². The molecule has 6 rings (SSSR count). The molecular weight excluding hydrogens is 520 g/mol. The molecule has 8 nitrogen and oxygen atoms in total. The first-order chi connectivity index (χ1) is 20.7. The molecule has 5 aromatic heterocycles. The largest absolute Gasteiger partial charge is 0.340 e. The van der Waals surface area contributed by atoms with Gasteiger partial charge in [-0.1, -0.05) is 69.0 Å². The molecule has 0 spiro atoms. The summed E-state index contributed by atoms with van der Waals surface area (Å²) in [5, 5.41) is 11.1. The van der Waals surface area contributed by atoms with Crippen LogP contribution < -0.4 is 5.32 Å². The molecule has 0 amide bonds. The summed E-state index contributed by atoms with van der Waals surface area (Å²) < 4.78 is 0. The van der Waals surface area contributed by atoms with Gasteiger partial charge in [-0.15, -0.1) is 0 Å². The zero-order chi connectivity index (χ0) is 29.3. The van der Waals surface area contributed by atoms with Crippen LogP contribution in [0.4, 0.5) is 0 Å². The van der Waals surface area contributed by atoms with Crippen LogP contribution in [-0.4, -0.2) is 35.1 Å². The third kappa shape index (κ3) is 6.24. The van der Waals surface area contributed by atoms with Gasteiger partial charge in [-0.25, -0.2) is 9.97 Å². The van der Waals surface area contributed by atoms with E-state index < -0.39 is 0 Å². The summed E-state index contributed by atoms with van der Waals surface area (Å²) in [6, 6.07) is 22.2. The van der Waals surface area contributed by atoms with E-state index in [1.807, 2.05) is 87.8 Å². The Balaban J connectivity index is 0.00000173. The lowest BCUT2D eigenvalue weighted by Gasteiger charge is -2.07. The van der Waals surface area contributed by atoms with E-state index in [0.29, 0.717) is 18.1 Å². The van der Waals surface area contributed by atoms with Gasteiger partial charge in [0.25, 0.3) is 0 Å². The number of aromatic amines is 2. The molecule has 0 bridgehead atoms. The Morgan fingerprint density at radius 3 is 2.52 bits per heavy atom. The number of fused-ring (bicyclic) bond motifs is 1. The van der Waals surface area contributed by atoms with Gasteiger partial charge in [-0.2, -0.15) is 5.10 Å². The number of aromatic nitrogens is 7. The predicted octanol–water partition coefficient (Wildman–Crippen LogP) is 7.05. The molecule has 3 N–H and O–H groups in total. The summed E-state index contributed by atoms with van der Waals surface area (Å²) >= 11 is 0. The van der Waals surface area contributed by atoms with Gasteiger partial charge >= 0.3 is 0 Å². The van der Waals surface area contributed by atoms with Gasteiger partial charge in [-0.3, -0.25) is 15.1 Å². The molecule has 0 aliphatic heterocycles. The summed E-state index contributed by atoms with van der Waals surface area (Å²) in [6.07, 6.45) is 9.15. The third-order valence-corrected chi connectivity index (χ3v) is 6.59. The molecule has 1 aromatic carbocycles. The zero-order valence-electron chi connectivity index (χ0n) is 24.1. The van der Waals surface area contributed by atoms with Crippen LogP contribution in [0.25, 0.3) is 39.4 Å². The van der Waals surface area contributed by atoms with Crippen LogP contribution in [-0.2, 0) is 13.1 Å². The predicted molar refractivity (Wildman–Crippen MR) is 169 cm³/mol. The second-order valence-electron chi connectivity index (χ2n) is 9.43. The molecule has 0 aliphatic carbocycles. The Hall–Kier alpha value is -5.21. The minimum atomic E-state index is 0.631. The normalized spacial score (nSPS) is 11.3. The summed E-state index contributed by atoms with van der Waals surface area (Å²) in [5.41, 5.74) is 9.70. The van der Waals surface area contributed by atoms with Crippen molar-refractivity contribution in [1.82, 2.24) is 40.4 Å². The smallest absolute Gasteiger partial charge is 0.161 e. The summed E-state index contributed by atoms with van der Waals surface area (Å²) in [5.74, 6) is 0.631. The number of imidazole rings is 1. The first kappa shape index (κ1) is 28.3. The molecule has 42 heavy (non-hydrogen) atoms. The summed E-state index contributed by atoms with van der Waals surface area (Å²) in [6.45, 7) is 11.4. The van der Waals surface area contributed by atoms with Crippen molar-refractivity contribution in [3.63, 3.8) is 0 Å². The number of rotatable bonds is 9. The van der Waals surface area contributed by atoms with Crippen LogP contribution in [0.15, 0.2) is 104 Å². The zero-order valence-corrected chi connectivity index (χ0v) is 24.1. The van der Waals surface area contributed by atoms with E-state index in [0.717, 1.165) is 57.1 Å². The lowest BCUT2D eigenvalue weighted by Crippen LogP contribution is -2.12. The van der Waals surface area contributed by atoms with Crippen molar-refractivity contribution in [3.05, 3.63) is 132 Å². The second kappa shape index (κ2) is 13.4. The summed E-state index contributed by atoms with van der Waals surface area (Å²) in [7, 11) is 0. The van der Waals surface area contributed by atoms with Crippen molar-refractivity contribution in [2.24, 2.45) is 0 Å². The number of aryl methyl sites for hydroxylation is 1. The monoisotopic (exact) mass is 554 g/mol. The van der Waals surface area contributed by atoms with Gasteiger partial charge in [0, 0.05) is 48.5 Å². The number of hydrogen-bond acceptors (Lipinski definition) is 6. The lowest BCUT2D eigenvalue weighted by atomic mass is 10.1. The maximum atomic E-state index is 4.97. The van der Waals surface area contributed by atoms with E-state index in [9.17, 15) is 0 Å². The maximum Gasteiger partial charge on any atom is 0.161 e. The van der Waals surface area contributed by atoms with E-state index in [1.54, 1.807) is 12.3 Å². The van der Waals surface area contributed by atoms with Crippen molar-refractivity contribution < 1.29 is 0 Å². The average molecular weight is 555 g/mol. The van der Waals surface area contributed by atoms with E-state index in [2.05, 4.69) is 55.2 Å². The molecule has 0 saturated carbocycles. The van der Waals surface area contributed by atoms with Gasteiger partial charge in [0.2, 0.25) is 0 Å². The Morgan fingerprint density at radius 2 is 1.74 bits per heavy atom. The van der Waals surface area contributed by atoms with Crippen LogP contribution in [0.1, 0.15) is 42.1 Å². The second-order valence-corrected chi connectivity index (χ2v) is 9.43. The number of pyridine rings is 3. The Bertz CT molecular complexity index is 1800. The molecular formula is C34H34N8. The first-order valence-corrected chi connectivity index (χ1v) is 14.0. The van der Waals surface area contributed by atoms with Crippen molar-refractivity contribution in [2.45, 2.75) is 33.9 Å². The maximum absolute atomic E-state index is 4.97. The quantitative estimate of drug-likeness (QED) is 0.165. The van der Waals surface area contributed by atoms with Gasteiger partial charge in [0.15, 0.2) is 11.5 Å². The van der Waals surface area contributed by atoms with Gasteiger partial charge in [-0.05, 0) is 48.4 Å². The van der Waals surface area contributed by atoms with Crippen LogP contribution in [0.3, 0.4) is 0 Å². The number of allylic oxidation sites excluding steroid dienone is 2. The third-order valence-electron chi connectivity index (χ3n) is 6.59. The molecule has 6 aromatic rings. The summed E-state index contributed by atoms with van der Waals surface area (Å²) in [4.78, 5) is 22.3. The van der Waals surface area contributed by atoms with E-state index in [-0.39, 0.29) is 0 Å².